The number of allylic oxidation sites excluding steroid dienone is 1. The lowest BCUT2D eigenvalue weighted by atomic mass is 9.87. The minimum absolute atomic E-state index is 0.307. The van der Waals surface area contributed by atoms with Crippen molar-refractivity contribution in [1.82, 2.24) is 5.32 Å². The van der Waals surface area contributed by atoms with Gasteiger partial charge in [0.25, 0.3) is 0 Å². The van der Waals surface area contributed by atoms with Gasteiger partial charge in [0.15, 0.2) is 0 Å². The number of hydrogen-bond donors (Lipinski definition) is 2. The third-order valence-electron chi connectivity index (χ3n) is 5.29. The molecule has 0 aromatic heterocycles. The molecule has 0 saturated heterocycles. The van der Waals surface area contributed by atoms with Gasteiger partial charge < -0.3 is 10.4 Å². The number of benzene rings is 3. The molecule has 1 heterocycles. The molecular formula is C25H23NO2. The van der Waals surface area contributed by atoms with E-state index in [1.54, 1.807) is 12.1 Å². The van der Waals surface area contributed by atoms with E-state index in [1.165, 1.54) is 27.8 Å². The Labute approximate surface area is 165 Å². The van der Waals surface area contributed by atoms with Gasteiger partial charge in [0.05, 0.1) is 5.56 Å². The van der Waals surface area contributed by atoms with E-state index in [4.69, 9.17) is 5.11 Å². The number of rotatable bonds is 4. The first-order chi connectivity index (χ1) is 13.6. The zero-order valence-electron chi connectivity index (χ0n) is 15.9. The van der Waals surface area contributed by atoms with Gasteiger partial charge >= 0.3 is 5.97 Å². The Morgan fingerprint density at radius 3 is 2.46 bits per heavy atom. The Morgan fingerprint density at radius 1 is 1.00 bits per heavy atom. The molecule has 1 aliphatic heterocycles. The highest BCUT2D eigenvalue weighted by Gasteiger charge is 2.16. The number of fused-ring (bicyclic) bond motifs is 1. The van der Waals surface area contributed by atoms with Crippen LogP contribution >= 0.6 is 0 Å². The lowest BCUT2D eigenvalue weighted by Crippen LogP contribution is -2.24. The molecule has 1 aliphatic rings. The fourth-order valence-electron chi connectivity index (χ4n) is 3.78. The van der Waals surface area contributed by atoms with Crippen LogP contribution < -0.4 is 5.32 Å². The Bertz CT molecular complexity index is 1030. The highest BCUT2D eigenvalue weighted by Crippen LogP contribution is 2.32. The smallest absolute Gasteiger partial charge is 0.335 e. The van der Waals surface area contributed by atoms with Crippen LogP contribution in [0.1, 0.15) is 39.5 Å². The van der Waals surface area contributed by atoms with Gasteiger partial charge in [0.1, 0.15) is 0 Å². The average molecular weight is 369 g/mol. The molecule has 140 valence electrons. The molecule has 0 unspecified atom stereocenters. The van der Waals surface area contributed by atoms with Crippen LogP contribution in [0.5, 0.6) is 0 Å². The quantitative estimate of drug-likeness (QED) is 0.617. The number of carboxylic acids is 1. The molecule has 0 radical (unpaired) electrons. The van der Waals surface area contributed by atoms with Crippen LogP contribution in [0.3, 0.4) is 0 Å². The minimum atomic E-state index is -0.901. The Balaban J connectivity index is 1.75. The van der Waals surface area contributed by atoms with E-state index < -0.39 is 5.97 Å². The van der Waals surface area contributed by atoms with E-state index in [9.17, 15) is 4.79 Å². The summed E-state index contributed by atoms with van der Waals surface area (Å²) < 4.78 is 0. The van der Waals surface area contributed by atoms with Gasteiger partial charge in [-0.05, 0) is 83.1 Å². The largest absolute Gasteiger partial charge is 0.478 e. The second kappa shape index (κ2) is 7.83. The van der Waals surface area contributed by atoms with E-state index in [-0.39, 0.29) is 0 Å². The first-order valence-electron chi connectivity index (χ1n) is 9.56. The van der Waals surface area contributed by atoms with Crippen molar-refractivity contribution < 1.29 is 9.90 Å². The van der Waals surface area contributed by atoms with E-state index in [0.717, 1.165) is 30.6 Å². The Morgan fingerprint density at radius 2 is 1.75 bits per heavy atom. The molecule has 3 heteroatoms. The summed E-state index contributed by atoms with van der Waals surface area (Å²) in [5, 5.41) is 12.5. The van der Waals surface area contributed by atoms with E-state index in [0.29, 0.717) is 5.56 Å². The summed E-state index contributed by atoms with van der Waals surface area (Å²) in [4.78, 5) is 11.0. The van der Waals surface area contributed by atoms with Crippen molar-refractivity contribution in [2.24, 2.45) is 0 Å². The van der Waals surface area contributed by atoms with Gasteiger partial charge in [-0.3, -0.25) is 0 Å². The van der Waals surface area contributed by atoms with Gasteiger partial charge in [-0.25, -0.2) is 4.79 Å². The summed E-state index contributed by atoms with van der Waals surface area (Å²) in [5.74, 6) is -0.901. The fraction of sp³-hybridized carbons (Fsp3) is 0.160. The number of nitrogens with one attached hydrogen (secondary N) is 1. The molecule has 0 atom stereocenters. The maximum absolute atomic E-state index is 11.0. The zero-order chi connectivity index (χ0) is 19.5. The predicted molar refractivity (Wildman–Crippen MR) is 114 cm³/mol. The molecule has 0 amide bonds. The van der Waals surface area contributed by atoms with Crippen LogP contribution in [-0.4, -0.2) is 17.6 Å². The number of aromatic carboxylic acids is 1. The first-order valence-corrected chi connectivity index (χ1v) is 9.56. The Hall–Kier alpha value is -3.17. The molecule has 0 spiro atoms. The summed E-state index contributed by atoms with van der Waals surface area (Å²) in [6, 6.07) is 22.1. The van der Waals surface area contributed by atoms with Crippen LogP contribution in [0.15, 0.2) is 66.7 Å². The third-order valence-corrected chi connectivity index (χ3v) is 5.29. The number of hydrogen-bond acceptors (Lipinski definition) is 2. The molecule has 4 rings (SSSR count). The van der Waals surface area contributed by atoms with Crippen LogP contribution in [-0.2, 0) is 13.0 Å². The lowest BCUT2D eigenvalue weighted by molar-refractivity contribution is 0.0697. The molecule has 3 aromatic carbocycles. The molecule has 2 N–H and O–H groups in total. The van der Waals surface area contributed by atoms with Crippen LogP contribution in [0.4, 0.5) is 0 Å². The van der Waals surface area contributed by atoms with Crippen molar-refractivity contribution in [2.75, 3.05) is 6.54 Å². The molecule has 0 fully saturated rings. The van der Waals surface area contributed by atoms with Crippen molar-refractivity contribution in [3.63, 3.8) is 0 Å². The third kappa shape index (κ3) is 3.75. The van der Waals surface area contributed by atoms with E-state index in [2.05, 4.69) is 54.7 Å². The summed E-state index contributed by atoms with van der Waals surface area (Å²) in [5.41, 5.74) is 9.02. The highest BCUT2D eigenvalue weighted by molar-refractivity contribution is 5.89. The second-order valence-electron chi connectivity index (χ2n) is 7.21. The summed E-state index contributed by atoms with van der Waals surface area (Å²) in [7, 11) is 0. The van der Waals surface area contributed by atoms with Gasteiger partial charge in [0.2, 0.25) is 0 Å². The molecule has 0 aliphatic carbocycles. The Kier molecular flexibility index (Phi) is 5.09. The summed E-state index contributed by atoms with van der Waals surface area (Å²) in [6.45, 7) is 4.01. The van der Waals surface area contributed by atoms with Crippen LogP contribution in [0, 0.1) is 0 Å². The molecule has 0 saturated carbocycles. The SMILES string of the molecule is C/C(=C/c1ccc(C(=O)O)cc1)c1cc2c(c(-c3ccccc3)c1)CCNC2. The predicted octanol–water partition coefficient (Wildman–Crippen LogP) is 5.26. The molecule has 3 nitrogen and oxygen atoms in total. The maximum Gasteiger partial charge on any atom is 0.335 e. The number of carbonyl (C=O) groups is 1. The fourth-order valence-corrected chi connectivity index (χ4v) is 3.78. The summed E-state index contributed by atoms with van der Waals surface area (Å²) >= 11 is 0. The van der Waals surface area contributed by atoms with Gasteiger partial charge in [-0.1, -0.05) is 48.5 Å². The van der Waals surface area contributed by atoms with Crippen LogP contribution in [0.25, 0.3) is 22.8 Å². The van der Waals surface area contributed by atoms with Crippen LogP contribution in [0.2, 0.25) is 0 Å². The van der Waals surface area contributed by atoms with E-state index in [1.807, 2.05) is 18.2 Å². The summed E-state index contributed by atoms with van der Waals surface area (Å²) in [6.07, 6.45) is 3.15. The maximum atomic E-state index is 11.0. The topological polar surface area (TPSA) is 49.3 Å². The lowest BCUT2D eigenvalue weighted by Gasteiger charge is -2.22. The monoisotopic (exact) mass is 369 g/mol. The standard InChI is InChI=1S/C25H23NO2/c1-17(13-18-7-9-20(10-8-18)25(27)28)21-14-22-16-26-12-11-23(22)24(15-21)19-5-3-2-4-6-19/h2-10,13-15,26H,11-12,16H2,1H3,(H,27,28)/b17-13-. The van der Waals surface area contributed by atoms with Crippen molar-refractivity contribution in [1.29, 1.82) is 0 Å². The molecule has 28 heavy (non-hydrogen) atoms. The van der Waals surface area contributed by atoms with Crippen molar-refractivity contribution in [3.05, 3.63) is 94.5 Å². The van der Waals surface area contributed by atoms with Gasteiger partial charge in [0, 0.05) is 6.54 Å². The zero-order valence-corrected chi connectivity index (χ0v) is 15.9. The highest BCUT2D eigenvalue weighted by atomic mass is 16.4. The second-order valence-corrected chi connectivity index (χ2v) is 7.21. The molecule has 0 bridgehead atoms. The first kappa shape index (κ1) is 18.2. The van der Waals surface area contributed by atoms with Crippen molar-refractivity contribution in [3.8, 4) is 11.1 Å². The molecule has 3 aromatic rings. The normalized spacial score (nSPS) is 13.8. The van der Waals surface area contributed by atoms with Crippen molar-refractivity contribution in [2.45, 2.75) is 19.9 Å². The minimum Gasteiger partial charge on any atom is -0.478 e. The van der Waals surface area contributed by atoms with E-state index >= 15 is 0 Å². The van der Waals surface area contributed by atoms with Gasteiger partial charge in [-0.15, -0.1) is 0 Å². The van der Waals surface area contributed by atoms with Gasteiger partial charge in [-0.2, -0.15) is 0 Å². The van der Waals surface area contributed by atoms with Crippen molar-refractivity contribution >= 4 is 17.6 Å². The number of carboxylic acid groups (broad SMARTS) is 1. The average Bonchev–Trinajstić information content (AvgIpc) is 2.74. The molecular weight excluding hydrogens is 346 g/mol.